The highest BCUT2D eigenvalue weighted by Crippen LogP contribution is 2.29. The molecule has 1 unspecified atom stereocenters. The van der Waals surface area contributed by atoms with Gasteiger partial charge in [0, 0.05) is 12.6 Å². The predicted octanol–water partition coefficient (Wildman–Crippen LogP) is 3.30. The number of nitrogens with one attached hydrogen (secondary N) is 1. The zero-order chi connectivity index (χ0) is 13.9. The minimum atomic E-state index is 0.0513. The summed E-state index contributed by atoms with van der Waals surface area (Å²) in [6, 6.07) is 8.55. The fourth-order valence-electron chi connectivity index (χ4n) is 2.54. The molecule has 3 nitrogen and oxygen atoms in total. The van der Waals surface area contributed by atoms with Gasteiger partial charge in [0.05, 0.1) is 18.8 Å². The van der Waals surface area contributed by atoms with Crippen molar-refractivity contribution >= 4 is 0 Å². The predicted molar refractivity (Wildman–Crippen MR) is 77.6 cm³/mol. The lowest BCUT2D eigenvalue weighted by Crippen LogP contribution is -2.31. The summed E-state index contributed by atoms with van der Waals surface area (Å²) in [5, 5.41) is 3.55. The third kappa shape index (κ3) is 3.95. The van der Waals surface area contributed by atoms with Crippen LogP contribution < -0.4 is 10.1 Å². The zero-order valence-electron chi connectivity index (χ0n) is 12.4. The van der Waals surface area contributed by atoms with Crippen LogP contribution in [0.3, 0.4) is 0 Å². The van der Waals surface area contributed by atoms with Gasteiger partial charge in [-0.3, -0.25) is 0 Å². The highest BCUT2D eigenvalue weighted by molar-refractivity contribution is 5.28. The molecular weight excluding hydrogens is 238 g/mol. The van der Waals surface area contributed by atoms with E-state index in [0.717, 1.165) is 25.1 Å². The highest BCUT2D eigenvalue weighted by atomic mass is 16.5. The van der Waals surface area contributed by atoms with Crippen LogP contribution >= 0.6 is 0 Å². The van der Waals surface area contributed by atoms with E-state index in [1.807, 2.05) is 12.1 Å². The number of hydrogen-bond donors (Lipinski definition) is 1. The van der Waals surface area contributed by atoms with Gasteiger partial charge in [0.1, 0.15) is 5.75 Å². The summed E-state index contributed by atoms with van der Waals surface area (Å²) in [6.07, 6.45) is 2.64. The highest BCUT2D eigenvalue weighted by Gasteiger charge is 2.31. The van der Waals surface area contributed by atoms with Gasteiger partial charge in [-0.25, -0.2) is 0 Å². The lowest BCUT2D eigenvalue weighted by Gasteiger charge is -2.21. The molecule has 106 valence electrons. The van der Waals surface area contributed by atoms with Gasteiger partial charge in [0.25, 0.3) is 0 Å². The Hall–Kier alpha value is -1.06. The SMILES string of the molecule is COc1ccc([C@H](C)NCC2CCC(C)(C)O2)cc1. The van der Waals surface area contributed by atoms with Crippen molar-refractivity contribution in [2.24, 2.45) is 0 Å². The summed E-state index contributed by atoms with van der Waals surface area (Å²) in [6.45, 7) is 7.43. The molecule has 0 aliphatic carbocycles. The molecule has 1 aromatic carbocycles. The first-order valence-electron chi connectivity index (χ1n) is 7.05. The number of methoxy groups -OCH3 is 1. The summed E-state index contributed by atoms with van der Waals surface area (Å²) in [4.78, 5) is 0. The van der Waals surface area contributed by atoms with Crippen molar-refractivity contribution in [3.8, 4) is 5.75 Å². The van der Waals surface area contributed by atoms with Gasteiger partial charge in [-0.1, -0.05) is 12.1 Å². The molecule has 0 aromatic heterocycles. The second kappa shape index (κ2) is 5.93. The average molecular weight is 263 g/mol. The van der Waals surface area contributed by atoms with Crippen LogP contribution in [0.15, 0.2) is 24.3 Å². The average Bonchev–Trinajstić information content (AvgIpc) is 2.76. The molecule has 2 atom stereocenters. The van der Waals surface area contributed by atoms with Crippen molar-refractivity contribution in [1.29, 1.82) is 0 Å². The van der Waals surface area contributed by atoms with Gasteiger partial charge in [-0.2, -0.15) is 0 Å². The maximum atomic E-state index is 5.99. The molecule has 1 saturated heterocycles. The quantitative estimate of drug-likeness (QED) is 0.884. The minimum absolute atomic E-state index is 0.0513. The molecule has 0 saturated carbocycles. The third-order valence-electron chi connectivity index (χ3n) is 3.82. The van der Waals surface area contributed by atoms with Crippen LogP contribution in [0.25, 0.3) is 0 Å². The minimum Gasteiger partial charge on any atom is -0.497 e. The van der Waals surface area contributed by atoms with Crippen molar-refractivity contribution in [2.45, 2.75) is 51.4 Å². The maximum Gasteiger partial charge on any atom is 0.118 e. The van der Waals surface area contributed by atoms with Crippen LogP contribution in [0.2, 0.25) is 0 Å². The molecule has 1 aromatic rings. The van der Waals surface area contributed by atoms with E-state index in [-0.39, 0.29) is 5.60 Å². The van der Waals surface area contributed by atoms with E-state index in [4.69, 9.17) is 9.47 Å². The van der Waals surface area contributed by atoms with Gasteiger partial charge in [0.15, 0.2) is 0 Å². The molecule has 0 radical (unpaired) electrons. The Morgan fingerprint density at radius 3 is 2.58 bits per heavy atom. The second-order valence-electron chi connectivity index (χ2n) is 5.94. The lowest BCUT2D eigenvalue weighted by atomic mass is 10.1. The fraction of sp³-hybridized carbons (Fsp3) is 0.625. The molecule has 2 rings (SSSR count). The summed E-state index contributed by atoms with van der Waals surface area (Å²) < 4.78 is 11.2. The van der Waals surface area contributed by atoms with Crippen molar-refractivity contribution in [3.05, 3.63) is 29.8 Å². The molecule has 1 N–H and O–H groups in total. The number of ether oxygens (including phenoxy) is 2. The van der Waals surface area contributed by atoms with E-state index in [1.54, 1.807) is 7.11 Å². The Morgan fingerprint density at radius 2 is 2.05 bits per heavy atom. The Morgan fingerprint density at radius 1 is 1.37 bits per heavy atom. The summed E-state index contributed by atoms with van der Waals surface area (Å²) in [5.74, 6) is 0.900. The molecule has 1 fully saturated rings. The van der Waals surface area contributed by atoms with Crippen molar-refractivity contribution in [1.82, 2.24) is 5.32 Å². The van der Waals surface area contributed by atoms with Crippen LogP contribution in [0, 0.1) is 0 Å². The molecule has 1 aliphatic heterocycles. The molecule has 3 heteroatoms. The van der Waals surface area contributed by atoms with Gasteiger partial charge in [-0.15, -0.1) is 0 Å². The molecule has 1 heterocycles. The second-order valence-corrected chi connectivity index (χ2v) is 5.94. The third-order valence-corrected chi connectivity index (χ3v) is 3.82. The number of rotatable bonds is 5. The summed E-state index contributed by atoms with van der Waals surface area (Å²) in [7, 11) is 1.69. The topological polar surface area (TPSA) is 30.5 Å². The molecular formula is C16H25NO2. The Labute approximate surface area is 116 Å². The van der Waals surface area contributed by atoms with Crippen LogP contribution in [-0.4, -0.2) is 25.4 Å². The Bertz CT molecular complexity index is 400. The first-order valence-corrected chi connectivity index (χ1v) is 7.05. The Kier molecular flexibility index (Phi) is 4.48. The maximum absolute atomic E-state index is 5.99. The van der Waals surface area contributed by atoms with E-state index in [0.29, 0.717) is 12.1 Å². The number of benzene rings is 1. The van der Waals surface area contributed by atoms with Gasteiger partial charge >= 0.3 is 0 Å². The van der Waals surface area contributed by atoms with Gasteiger partial charge in [-0.05, 0) is 51.3 Å². The molecule has 0 amide bonds. The van der Waals surface area contributed by atoms with Crippen molar-refractivity contribution < 1.29 is 9.47 Å². The normalized spacial score (nSPS) is 23.3. The van der Waals surface area contributed by atoms with Crippen LogP contribution in [0.1, 0.15) is 45.2 Å². The summed E-state index contributed by atoms with van der Waals surface area (Å²) in [5.41, 5.74) is 1.33. The van der Waals surface area contributed by atoms with E-state index < -0.39 is 0 Å². The molecule has 0 bridgehead atoms. The van der Waals surface area contributed by atoms with Crippen LogP contribution in [-0.2, 0) is 4.74 Å². The molecule has 19 heavy (non-hydrogen) atoms. The monoisotopic (exact) mass is 263 g/mol. The lowest BCUT2D eigenvalue weighted by molar-refractivity contribution is -0.0150. The zero-order valence-corrected chi connectivity index (χ0v) is 12.4. The van der Waals surface area contributed by atoms with E-state index in [2.05, 4.69) is 38.2 Å². The van der Waals surface area contributed by atoms with E-state index >= 15 is 0 Å². The number of hydrogen-bond acceptors (Lipinski definition) is 3. The fourth-order valence-corrected chi connectivity index (χ4v) is 2.54. The smallest absolute Gasteiger partial charge is 0.118 e. The Balaban J connectivity index is 1.82. The van der Waals surface area contributed by atoms with Crippen molar-refractivity contribution in [3.63, 3.8) is 0 Å². The largest absolute Gasteiger partial charge is 0.497 e. The van der Waals surface area contributed by atoms with Gasteiger partial charge in [0.2, 0.25) is 0 Å². The van der Waals surface area contributed by atoms with E-state index in [9.17, 15) is 0 Å². The first-order chi connectivity index (χ1) is 9.00. The van der Waals surface area contributed by atoms with Crippen LogP contribution in [0.4, 0.5) is 0 Å². The molecule has 1 aliphatic rings. The van der Waals surface area contributed by atoms with E-state index in [1.165, 1.54) is 5.56 Å². The van der Waals surface area contributed by atoms with Crippen LogP contribution in [0.5, 0.6) is 5.75 Å². The van der Waals surface area contributed by atoms with Crippen molar-refractivity contribution in [2.75, 3.05) is 13.7 Å². The summed E-state index contributed by atoms with van der Waals surface area (Å²) >= 11 is 0. The van der Waals surface area contributed by atoms with Gasteiger partial charge < -0.3 is 14.8 Å². The first kappa shape index (κ1) is 14.4. The standard InChI is InChI=1S/C16H25NO2/c1-12(13-5-7-14(18-4)8-6-13)17-11-15-9-10-16(2,3)19-15/h5-8,12,15,17H,9-11H2,1-4H3/t12-,15?/m0/s1. The molecule has 0 spiro atoms.